The molecular formula is C10H19N3. The third-order valence-corrected chi connectivity index (χ3v) is 2.08. The fraction of sp³-hybridized carbons (Fsp3) is 0.800. The van der Waals surface area contributed by atoms with Crippen molar-refractivity contribution in [3.05, 3.63) is 11.9 Å². The van der Waals surface area contributed by atoms with Crippen LogP contribution in [0.25, 0.3) is 0 Å². The number of hydrogen-bond donors (Lipinski definition) is 0. The Hall–Kier alpha value is -0.860. The SMILES string of the molecule is CCCCCc1cn(CCC)nn1. The zero-order valence-corrected chi connectivity index (χ0v) is 8.66. The maximum Gasteiger partial charge on any atom is 0.0827 e. The molecule has 1 heterocycles. The Bertz CT molecular complexity index is 230. The summed E-state index contributed by atoms with van der Waals surface area (Å²) in [6.07, 6.45) is 8.07. The molecule has 0 spiro atoms. The van der Waals surface area contributed by atoms with Gasteiger partial charge in [-0.15, -0.1) is 5.10 Å². The third-order valence-electron chi connectivity index (χ3n) is 2.08. The molecule has 0 saturated carbocycles. The van der Waals surface area contributed by atoms with Crippen molar-refractivity contribution in [1.82, 2.24) is 15.0 Å². The zero-order valence-electron chi connectivity index (χ0n) is 8.66. The van der Waals surface area contributed by atoms with Crippen LogP contribution in [0.2, 0.25) is 0 Å². The lowest BCUT2D eigenvalue weighted by Crippen LogP contribution is -1.96. The van der Waals surface area contributed by atoms with Crippen molar-refractivity contribution in [3.63, 3.8) is 0 Å². The smallest absolute Gasteiger partial charge is 0.0827 e. The van der Waals surface area contributed by atoms with E-state index in [1.54, 1.807) is 0 Å². The number of hydrogen-bond acceptors (Lipinski definition) is 2. The highest BCUT2D eigenvalue weighted by Gasteiger charge is 1.98. The Labute approximate surface area is 80.1 Å². The van der Waals surface area contributed by atoms with Crippen LogP contribution in [-0.2, 0) is 13.0 Å². The van der Waals surface area contributed by atoms with Gasteiger partial charge in [0.15, 0.2) is 0 Å². The largest absolute Gasteiger partial charge is 0.252 e. The highest BCUT2D eigenvalue weighted by molar-refractivity contribution is 4.91. The van der Waals surface area contributed by atoms with E-state index in [0.717, 1.165) is 25.1 Å². The van der Waals surface area contributed by atoms with E-state index in [9.17, 15) is 0 Å². The standard InChI is InChI=1S/C10H19N3/c1-3-5-6-7-10-9-13(8-4-2)12-11-10/h9H,3-8H2,1-2H3. The van der Waals surface area contributed by atoms with Crippen LogP contribution in [0.3, 0.4) is 0 Å². The van der Waals surface area contributed by atoms with Gasteiger partial charge in [-0.05, 0) is 19.3 Å². The minimum absolute atomic E-state index is 0.987. The van der Waals surface area contributed by atoms with Crippen LogP contribution in [0.4, 0.5) is 0 Å². The van der Waals surface area contributed by atoms with Gasteiger partial charge in [0.2, 0.25) is 0 Å². The van der Waals surface area contributed by atoms with Gasteiger partial charge in [-0.25, -0.2) is 0 Å². The Balaban J connectivity index is 2.31. The van der Waals surface area contributed by atoms with Gasteiger partial charge in [0.05, 0.1) is 5.69 Å². The third kappa shape index (κ3) is 3.57. The molecule has 0 aliphatic heterocycles. The normalized spacial score (nSPS) is 10.6. The zero-order chi connectivity index (χ0) is 9.52. The molecule has 74 valence electrons. The van der Waals surface area contributed by atoms with Gasteiger partial charge in [-0.3, -0.25) is 4.68 Å². The monoisotopic (exact) mass is 181 g/mol. The van der Waals surface area contributed by atoms with Crippen LogP contribution in [0.1, 0.15) is 45.2 Å². The van der Waals surface area contributed by atoms with Crippen molar-refractivity contribution >= 4 is 0 Å². The van der Waals surface area contributed by atoms with Gasteiger partial charge in [0.25, 0.3) is 0 Å². The number of rotatable bonds is 6. The molecule has 0 saturated heterocycles. The van der Waals surface area contributed by atoms with Gasteiger partial charge in [-0.2, -0.15) is 0 Å². The van der Waals surface area contributed by atoms with E-state index in [1.165, 1.54) is 19.3 Å². The van der Waals surface area contributed by atoms with Crippen molar-refractivity contribution in [2.45, 2.75) is 52.5 Å². The summed E-state index contributed by atoms with van der Waals surface area (Å²) in [6, 6.07) is 0. The van der Waals surface area contributed by atoms with Crippen molar-refractivity contribution in [2.75, 3.05) is 0 Å². The van der Waals surface area contributed by atoms with E-state index in [4.69, 9.17) is 0 Å². The van der Waals surface area contributed by atoms with Crippen molar-refractivity contribution in [1.29, 1.82) is 0 Å². The van der Waals surface area contributed by atoms with Crippen molar-refractivity contribution in [3.8, 4) is 0 Å². The molecule has 13 heavy (non-hydrogen) atoms. The maximum absolute atomic E-state index is 4.12. The summed E-state index contributed by atoms with van der Waals surface area (Å²) in [6.45, 7) is 5.35. The molecule has 0 aromatic carbocycles. The highest BCUT2D eigenvalue weighted by Crippen LogP contribution is 2.02. The van der Waals surface area contributed by atoms with Crippen LogP contribution in [0.5, 0.6) is 0 Å². The second-order valence-electron chi connectivity index (χ2n) is 3.43. The molecule has 0 radical (unpaired) electrons. The van der Waals surface area contributed by atoms with E-state index < -0.39 is 0 Å². The topological polar surface area (TPSA) is 30.7 Å². The van der Waals surface area contributed by atoms with E-state index in [1.807, 2.05) is 4.68 Å². The maximum atomic E-state index is 4.12. The number of aryl methyl sites for hydroxylation is 2. The number of unbranched alkanes of at least 4 members (excludes halogenated alkanes) is 2. The van der Waals surface area contributed by atoms with Crippen molar-refractivity contribution in [2.24, 2.45) is 0 Å². The quantitative estimate of drug-likeness (QED) is 0.631. The first-order chi connectivity index (χ1) is 6.36. The Morgan fingerprint density at radius 2 is 2.08 bits per heavy atom. The van der Waals surface area contributed by atoms with Gasteiger partial charge in [0, 0.05) is 12.7 Å². The Kier molecular flexibility index (Phi) is 4.50. The fourth-order valence-electron chi connectivity index (χ4n) is 1.35. The van der Waals surface area contributed by atoms with Crippen LogP contribution in [-0.4, -0.2) is 15.0 Å². The minimum Gasteiger partial charge on any atom is -0.252 e. The van der Waals surface area contributed by atoms with Crippen molar-refractivity contribution < 1.29 is 0 Å². The molecule has 0 atom stereocenters. The lowest BCUT2D eigenvalue weighted by Gasteiger charge is -1.94. The molecule has 0 amide bonds. The summed E-state index contributed by atoms with van der Waals surface area (Å²) >= 11 is 0. The average molecular weight is 181 g/mol. The number of nitrogens with zero attached hydrogens (tertiary/aromatic N) is 3. The molecule has 1 aromatic rings. The molecular weight excluding hydrogens is 162 g/mol. The van der Waals surface area contributed by atoms with E-state index in [2.05, 4.69) is 30.4 Å². The lowest BCUT2D eigenvalue weighted by atomic mass is 10.2. The molecule has 0 bridgehead atoms. The molecule has 0 unspecified atom stereocenters. The molecule has 0 fully saturated rings. The summed E-state index contributed by atoms with van der Waals surface area (Å²) in [5.74, 6) is 0. The highest BCUT2D eigenvalue weighted by atomic mass is 15.4. The molecule has 3 heteroatoms. The first kappa shape index (κ1) is 10.2. The first-order valence-electron chi connectivity index (χ1n) is 5.25. The van der Waals surface area contributed by atoms with Gasteiger partial charge < -0.3 is 0 Å². The lowest BCUT2D eigenvalue weighted by molar-refractivity contribution is 0.578. The van der Waals surface area contributed by atoms with Crippen LogP contribution in [0.15, 0.2) is 6.20 Å². The molecule has 3 nitrogen and oxygen atoms in total. The molecule has 1 rings (SSSR count). The summed E-state index contributed by atoms with van der Waals surface area (Å²) in [7, 11) is 0. The summed E-state index contributed by atoms with van der Waals surface area (Å²) < 4.78 is 1.93. The van der Waals surface area contributed by atoms with E-state index >= 15 is 0 Å². The second kappa shape index (κ2) is 5.73. The Morgan fingerprint density at radius 3 is 2.77 bits per heavy atom. The molecule has 0 N–H and O–H groups in total. The fourth-order valence-corrected chi connectivity index (χ4v) is 1.35. The Morgan fingerprint density at radius 1 is 1.23 bits per heavy atom. The first-order valence-corrected chi connectivity index (χ1v) is 5.25. The predicted octanol–water partition coefficient (Wildman–Crippen LogP) is 2.42. The van der Waals surface area contributed by atoms with Gasteiger partial charge in [0.1, 0.15) is 0 Å². The van der Waals surface area contributed by atoms with Crippen LogP contribution < -0.4 is 0 Å². The molecule has 0 aliphatic rings. The van der Waals surface area contributed by atoms with Crippen LogP contribution in [0, 0.1) is 0 Å². The summed E-state index contributed by atoms with van der Waals surface area (Å²) in [5, 5.41) is 8.17. The second-order valence-corrected chi connectivity index (χ2v) is 3.43. The average Bonchev–Trinajstić information content (AvgIpc) is 2.54. The minimum atomic E-state index is 0.987. The molecule has 0 aliphatic carbocycles. The molecule has 1 aromatic heterocycles. The van der Waals surface area contributed by atoms with E-state index in [0.29, 0.717) is 0 Å². The number of aromatic nitrogens is 3. The van der Waals surface area contributed by atoms with Gasteiger partial charge in [-0.1, -0.05) is 31.9 Å². The van der Waals surface area contributed by atoms with Crippen LogP contribution >= 0.6 is 0 Å². The van der Waals surface area contributed by atoms with Gasteiger partial charge >= 0.3 is 0 Å². The summed E-state index contributed by atoms with van der Waals surface area (Å²) in [4.78, 5) is 0. The predicted molar refractivity (Wildman–Crippen MR) is 53.5 cm³/mol. The summed E-state index contributed by atoms with van der Waals surface area (Å²) in [5.41, 5.74) is 1.14. The van der Waals surface area contributed by atoms with E-state index in [-0.39, 0.29) is 0 Å².